The van der Waals surface area contributed by atoms with Gasteiger partial charge >= 0.3 is 0 Å². The summed E-state index contributed by atoms with van der Waals surface area (Å²) in [6, 6.07) is 2.17. The number of aromatic nitrogens is 3. The summed E-state index contributed by atoms with van der Waals surface area (Å²) < 4.78 is 1.80. The molecular formula is C11H15N5. The van der Waals surface area contributed by atoms with Crippen molar-refractivity contribution in [2.45, 2.75) is 0 Å². The van der Waals surface area contributed by atoms with E-state index >= 15 is 0 Å². The summed E-state index contributed by atoms with van der Waals surface area (Å²) in [4.78, 5) is 6.74. The highest BCUT2D eigenvalue weighted by atomic mass is 15.3. The normalized spacial score (nSPS) is 16.9. The van der Waals surface area contributed by atoms with Crippen LogP contribution in [-0.4, -0.2) is 40.9 Å². The van der Waals surface area contributed by atoms with Gasteiger partial charge in [-0.25, -0.2) is 4.98 Å². The Kier molecular flexibility index (Phi) is 2.25. The molecule has 0 unspecified atom stereocenters. The van der Waals surface area contributed by atoms with E-state index in [0.717, 1.165) is 37.2 Å². The average Bonchev–Trinajstić information content (AvgIpc) is 2.69. The first-order valence-electron chi connectivity index (χ1n) is 5.58. The number of nitrogens with zero attached hydrogens (tertiary/aromatic N) is 4. The van der Waals surface area contributed by atoms with Crippen LogP contribution < -0.4 is 10.2 Å². The second-order valence-electron chi connectivity index (χ2n) is 4.15. The number of anilines is 1. The first kappa shape index (κ1) is 9.59. The van der Waals surface area contributed by atoms with E-state index in [1.165, 1.54) is 5.69 Å². The Labute approximate surface area is 94.1 Å². The standard InChI is InChI=1S/C11H15N5/c1-15-8-9-6-10(7-13-11(9)14-15)16-4-2-12-3-5-16/h6-8,12H,2-5H2,1H3. The summed E-state index contributed by atoms with van der Waals surface area (Å²) in [7, 11) is 1.92. The van der Waals surface area contributed by atoms with Crippen LogP contribution in [0.2, 0.25) is 0 Å². The smallest absolute Gasteiger partial charge is 0.181 e. The van der Waals surface area contributed by atoms with Gasteiger partial charge in [0.05, 0.1) is 11.9 Å². The third-order valence-corrected chi connectivity index (χ3v) is 2.94. The van der Waals surface area contributed by atoms with Crippen molar-refractivity contribution in [3.05, 3.63) is 18.5 Å². The fraction of sp³-hybridized carbons (Fsp3) is 0.455. The molecule has 84 valence electrons. The molecule has 1 saturated heterocycles. The number of rotatable bonds is 1. The minimum atomic E-state index is 0.821. The second-order valence-corrected chi connectivity index (χ2v) is 4.15. The number of aryl methyl sites for hydroxylation is 1. The topological polar surface area (TPSA) is 46.0 Å². The number of fused-ring (bicyclic) bond motifs is 1. The van der Waals surface area contributed by atoms with E-state index in [4.69, 9.17) is 0 Å². The molecule has 2 aromatic heterocycles. The Bertz CT molecular complexity index is 498. The van der Waals surface area contributed by atoms with Gasteiger partial charge in [0.25, 0.3) is 0 Å². The monoisotopic (exact) mass is 217 g/mol. The molecule has 0 amide bonds. The van der Waals surface area contributed by atoms with E-state index < -0.39 is 0 Å². The molecule has 0 aromatic carbocycles. The van der Waals surface area contributed by atoms with E-state index in [1.807, 2.05) is 19.4 Å². The Morgan fingerprint density at radius 1 is 1.31 bits per heavy atom. The molecule has 16 heavy (non-hydrogen) atoms. The summed E-state index contributed by atoms with van der Waals surface area (Å²) in [5.41, 5.74) is 2.02. The van der Waals surface area contributed by atoms with Crippen molar-refractivity contribution < 1.29 is 0 Å². The Morgan fingerprint density at radius 2 is 2.12 bits per heavy atom. The van der Waals surface area contributed by atoms with Gasteiger partial charge < -0.3 is 10.2 Å². The van der Waals surface area contributed by atoms with Gasteiger partial charge in [-0.05, 0) is 6.07 Å². The van der Waals surface area contributed by atoms with E-state index in [0.29, 0.717) is 0 Å². The van der Waals surface area contributed by atoms with Crippen molar-refractivity contribution in [3.8, 4) is 0 Å². The molecule has 5 nitrogen and oxygen atoms in total. The van der Waals surface area contributed by atoms with Gasteiger partial charge in [0.1, 0.15) is 0 Å². The number of hydrogen-bond donors (Lipinski definition) is 1. The fourth-order valence-corrected chi connectivity index (χ4v) is 2.12. The Hall–Kier alpha value is -1.62. The molecule has 5 heteroatoms. The number of hydrogen-bond acceptors (Lipinski definition) is 4. The maximum absolute atomic E-state index is 4.38. The van der Waals surface area contributed by atoms with Crippen LogP contribution >= 0.6 is 0 Å². The van der Waals surface area contributed by atoms with Gasteiger partial charge in [-0.1, -0.05) is 0 Å². The Morgan fingerprint density at radius 3 is 2.94 bits per heavy atom. The zero-order valence-electron chi connectivity index (χ0n) is 9.35. The Balaban J connectivity index is 1.97. The van der Waals surface area contributed by atoms with Gasteiger partial charge in [-0.2, -0.15) is 5.10 Å². The third kappa shape index (κ3) is 1.63. The van der Waals surface area contributed by atoms with E-state index in [9.17, 15) is 0 Å². The largest absolute Gasteiger partial charge is 0.368 e. The second kappa shape index (κ2) is 3.75. The van der Waals surface area contributed by atoms with Crippen LogP contribution in [0.1, 0.15) is 0 Å². The highest BCUT2D eigenvalue weighted by Gasteiger charge is 2.11. The quantitative estimate of drug-likeness (QED) is 0.750. The SMILES string of the molecule is Cn1cc2cc(N3CCNCC3)cnc2n1. The van der Waals surface area contributed by atoms with Crippen LogP contribution in [0.15, 0.2) is 18.5 Å². The summed E-state index contributed by atoms with van der Waals surface area (Å²) >= 11 is 0. The van der Waals surface area contributed by atoms with E-state index in [2.05, 4.69) is 26.4 Å². The van der Waals surface area contributed by atoms with Crippen LogP contribution in [0.5, 0.6) is 0 Å². The molecule has 3 rings (SSSR count). The third-order valence-electron chi connectivity index (χ3n) is 2.94. The lowest BCUT2D eigenvalue weighted by Crippen LogP contribution is -2.43. The predicted molar refractivity (Wildman–Crippen MR) is 63.6 cm³/mol. The van der Waals surface area contributed by atoms with Crippen LogP contribution in [0.3, 0.4) is 0 Å². The van der Waals surface area contributed by atoms with Gasteiger partial charge in [-0.3, -0.25) is 4.68 Å². The van der Waals surface area contributed by atoms with Crippen LogP contribution in [0.4, 0.5) is 5.69 Å². The first-order chi connectivity index (χ1) is 7.83. The molecule has 0 radical (unpaired) electrons. The highest BCUT2D eigenvalue weighted by Crippen LogP contribution is 2.19. The maximum Gasteiger partial charge on any atom is 0.181 e. The van der Waals surface area contributed by atoms with Gasteiger partial charge in [0.15, 0.2) is 5.65 Å². The molecular weight excluding hydrogens is 202 g/mol. The molecule has 1 N–H and O–H groups in total. The number of pyridine rings is 1. The van der Waals surface area contributed by atoms with Crippen LogP contribution in [0.25, 0.3) is 11.0 Å². The summed E-state index contributed by atoms with van der Waals surface area (Å²) in [5, 5.41) is 8.73. The lowest BCUT2D eigenvalue weighted by molar-refractivity contribution is 0.589. The average molecular weight is 217 g/mol. The van der Waals surface area contributed by atoms with Crippen molar-refractivity contribution in [2.24, 2.45) is 7.05 Å². The lowest BCUT2D eigenvalue weighted by Gasteiger charge is -2.29. The molecule has 0 spiro atoms. The van der Waals surface area contributed by atoms with Gasteiger partial charge in [0, 0.05) is 44.8 Å². The van der Waals surface area contributed by atoms with Crippen molar-refractivity contribution in [1.82, 2.24) is 20.1 Å². The molecule has 0 atom stereocenters. The number of piperazine rings is 1. The molecule has 2 aromatic rings. The van der Waals surface area contributed by atoms with Crippen molar-refractivity contribution >= 4 is 16.7 Å². The van der Waals surface area contributed by atoms with E-state index in [-0.39, 0.29) is 0 Å². The maximum atomic E-state index is 4.38. The molecule has 1 fully saturated rings. The van der Waals surface area contributed by atoms with Crippen molar-refractivity contribution in [3.63, 3.8) is 0 Å². The lowest BCUT2D eigenvalue weighted by atomic mass is 10.2. The number of nitrogens with one attached hydrogen (secondary N) is 1. The zero-order valence-corrected chi connectivity index (χ0v) is 9.35. The first-order valence-corrected chi connectivity index (χ1v) is 5.58. The minimum Gasteiger partial charge on any atom is -0.368 e. The van der Waals surface area contributed by atoms with Crippen LogP contribution in [-0.2, 0) is 7.05 Å². The van der Waals surface area contributed by atoms with Gasteiger partial charge in [0.2, 0.25) is 0 Å². The molecule has 0 saturated carbocycles. The molecule has 0 bridgehead atoms. The minimum absolute atomic E-state index is 0.821. The van der Waals surface area contributed by atoms with Crippen molar-refractivity contribution in [1.29, 1.82) is 0 Å². The fourth-order valence-electron chi connectivity index (χ4n) is 2.12. The van der Waals surface area contributed by atoms with E-state index in [1.54, 1.807) is 4.68 Å². The predicted octanol–water partition coefficient (Wildman–Crippen LogP) is 0.378. The molecule has 1 aliphatic heterocycles. The molecule has 3 heterocycles. The molecule has 0 aliphatic carbocycles. The van der Waals surface area contributed by atoms with Crippen molar-refractivity contribution in [2.75, 3.05) is 31.1 Å². The zero-order chi connectivity index (χ0) is 11.0. The van der Waals surface area contributed by atoms with Gasteiger partial charge in [-0.15, -0.1) is 0 Å². The summed E-state index contributed by atoms with van der Waals surface area (Å²) in [6.07, 6.45) is 3.93. The molecule has 1 aliphatic rings. The van der Waals surface area contributed by atoms with Crippen LogP contribution in [0, 0.1) is 0 Å². The highest BCUT2D eigenvalue weighted by molar-refractivity contribution is 5.78. The summed E-state index contributed by atoms with van der Waals surface area (Å²) in [6.45, 7) is 4.19. The summed E-state index contributed by atoms with van der Waals surface area (Å²) in [5.74, 6) is 0.